The van der Waals surface area contributed by atoms with Gasteiger partial charge in [-0.2, -0.15) is 0 Å². The Morgan fingerprint density at radius 1 is 1.26 bits per heavy atom. The van der Waals surface area contributed by atoms with E-state index in [0.29, 0.717) is 6.10 Å². The predicted octanol–water partition coefficient (Wildman–Crippen LogP) is 1.97. The number of benzene rings is 1. The minimum Gasteiger partial charge on any atom is -0.481 e. The SMILES string of the molecule is O=C(O)Cc1ccc(CNCC2CCCCO2)cc1. The summed E-state index contributed by atoms with van der Waals surface area (Å²) in [6.45, 7) is 2.57. The van der Waals surface area contributed by atoms with Crippen LogP contribution in [-0.2, 0) is 22.5 Å². The normalized spacial score (nSPS) is 19.3. The van der Waals surface area contributed by atoms with Crippen LogP contribution in [0.25, 0.3) is 0 Å². The van der Waals surface area contributed by atoms with E-state index in [1.165, 1.54) is 18.4 Å². The highest BCUT2D eigenvalue weighted by atomic mass is 16.5. The zero-order chi connectivity index (χ0) is 13.5. The standard InChI is InChI=1S/C15H21NO3/c17-15(18)9-12-4-6-13(7-5-12)10-16-11-14-3-1-2-8-19-14/h4-7,14,16H,1-3,8-11H2,(H,17,18). The highest BCUT2D eigenvalue weighted by molar-refractivity contribution is 5.70. The molecule has 2 rings (SSSR count). The first kappa shape index (κ1) is 14.0. The molecule has 0 aromatic heterocycles. The number of aliphatic carboxylic acids is 1. The zero-order valence-corrected chi connectivity index (χ0v) is 11.1. The summed E-state index contributed by atoms with van der Waals surface area (Å²) < 4.78 is 5.65. The van der Waals surface area contributed by atoms with Crippen molar-refractivity contribution in [3.8, 4) is 0 Å². The van der Waals surface area contributed by atoms with Crippen LogP contribution in [0.3, 0.4) is 0 Å². The van der Waals surface area contributed by atoms with E-state index in [1.54, 1.807) is 0 Å². The molecule has 4 heteroatoms. The number of nitrogens with one attached hydrogen (secondary N) is 1. The van der Waals surface area contributed by atoms with Crippen molar-refractivity contribution in [2.24, 2.45) is 0 Å². The zero-order valence-electron chi connectivity index (χ0n) is 11.1. The Bertz CT molecular complexity index is 396. The number of carbonyl (C=O) groups is 1. The van der Waals surface area contributed by atoms with Crippen LogP contribution in [-0.4, -0.2) is 30.3 Å². The van der Waals surface area contributed by atoms with Crippen molar-refractivity contribution in [1.82, 2.24) is 5.32 Å². The number of hydrogen-bond acceptors (Lipinski definition) is 3. The van der Waals surface area contributed by atoms with E-state index in [2.05, 4.69) is 5.32 Å². The fraction of sp³-hybridized carbons (Fsp3) is 0.533. The van der Waals surface area contributed by atoms with Gasteiger partial charge in [0.2, 0.25) is 0 Å². The van der Waals surface area contributed by atoms with Gasteiger partial charge in [-0.05, 0) is 30.4 Å². The molecule has 1 heterocycles. The van der Waals surface area contributed by atoms with Crippen molar-refractivity contribution in [1.29, 1.82) is 0 Å². The molecule has 4 nitrogen and oxygen atoms in total. The van der Waals surface area contributed by atoms with Crippen LogP contribution in [0.4, 0.5) is 0 Å². The Morgan fingerprint density at radius 3 is 2.63 bits per heavy atom. The Balaban J connectivity index is 1.71. The number of rotatable bonds is 6. The average molecular weight is 263 g/mol. The van der Waals surface area contributed by atoms with E-state index in [0.717, 1.165) is 31.7 Å². The summed E-state index contributed by atoms with van der Waals surface area (Å²) in [4.78, 5) is 10.6. The van der Waals surface area contributed by atoms with Gasteiger partial charge in [0.1, 0.15) is 0 Å². The summed E-state index contributed by atoms with van der Waals surface area (Å²) in [5, 5.41) is 12.1. The van der Waals surface area contributed by atoms with E-state index in [4.69, 9.17) is 9.84 Å². The fourth-order valence-electron chi connectivity index (χ4n) is 2.30. The molecule has 1 fully saturated rings. The van der Waals surface area contributed by atoms with Crippen LogP contribution < -0.4 is 5.32 Å². The van der Waals surface area contributed by atoms with Gasteiger partial charge in [-0.1, -0.05) is 24.3 Å². The molecule has 104 valence electrons. The minimum atomic E-state index is -0.791. The van der Waals surface area contributed by atoms with Crippen molar-refractivity contribution in [3.63, 3.8) is 0 Å². The van der Waals surface area contributed by atoms with Gasteiger partial charge in [0, 0.05) is 19.7 Å². The fourth-order valence-corrected chi connectivity index (χ4v) is 2.30. The van der Waals surface area contributed by atoms with Gasteiger partial charge < -0.3 is 15.2 Å². The summed E-state index contributed by atoms with van der Waals surface area (Å²) in [6.07, 6.45) is 4.02. The molecule has 1 atom stereocenters. The van der Waals surface area contributed by atoms with Crippen molar-refractivity contribution < 1.29 is 14.6 Å². The number of carboxylic acid groups (broad SMARTS) is 1. The molecule has 1 saturated heterocycles. The average Bonchev–Trinajstić information content (AvgIpc) is 2.41. The maximum Gasteiger partial charge on any atom is 0.307 e. The Hall–Kier alpha value is -1.39. The molecule has 2 N–H and O–H groups in total. The predicted molar refractivity (Wildman–Crippen MR) is 73.1 cm³/mol. The Labute approximate surface area is 113 Å². The highest BCUT2D eigenvalue weighted by Gasteiger charge is 2.12. The topological polar surface area (TPSA) is 58.6 Å². The van der Waals surface area contributed by atoms with E-state index < -0.39 is 5.97 Å². The molecular formula is C15H21NO3. The lowest BCUT2D eigenvalue weighted by molar-refractivity contribution is -0.136. The van der Waals surface area contributed by atoms with Gasteiger partial charge in [0.25, 0.3) is 0 Å². The van der Waals surface area contributed by atoms with Crippen LogP contribution in [0, 0.1) is 0 Å². The van der Waals surface area contributed by atoms with Gasteiger partial charge >= 0.3 is 5.97 Å². The second-order valence-corrected chi connectivity index (χ2v) is 5.01. The summed E-state index contributed by atoms with van der Waals surface area (Å²) in [7, 11) is 0. The van der Waals surface area contributed by atoms with E-state index >= 15 is 0 Å². The molecule has 0 radical (unpaired) electrons. The maximum atomic E-state index is 10.6. The lowest BCUT2D eigenvalue weighted by Crippen LogP contribution is -2.31. The second-order valence-electron chi connectivity index (χ2n) is 5.01. The highest BCUT2D eigenvalue weighted by Crippen LogP contribution is 2.12. The smallest absolute Gasteiger partial charge is 0.307 e. The first-order valence-corrected chi connectivity index (χ1v) is 6.86. The molecule has 1 unspecified atom stereocenters. The third kappa shape index (κ3) is 5.01. The monoisotopic (exact) mass is 263 g/mol. The van der Waals surface area contributed by atoms with Crippen molar-refractivity contribution >= 4 is 5.97 Å². The maximum absolute atomic E-state index is 10.6. The summed E-state index contributed by atoms with van der Waals surface area (Å²) in [6, 6.07) is 7.71. The Kier molecular flexibility index (Phi) is 5.36. The molecule has 1 aromatic rings. The molecule has 1 aromatic carbocycles. The molecule has 1 aliphatic heterocycles. The van der Waals surface area contributed by atoms with E-state index in [9.17, 15) is 4.79 Å². The molecule has 0 saturated carbocycles. The van der Waals surface area contributed by atoms with Gasteiger partial charge in [-0.3, -0.25) is 4.79 Å². The first-order chi connectivity index (χ1) is 9.24. The summed E-state index contributed by atoms with van der Waals surface area (Å²) in [5.74, 6) is -0.791. The van der Waals surface area contributed by atoms with Crippen LogP contribution in [0.5, 0.6) is 0 Å². The third-order valence-corrected chi connectivity index (χ3v) is 3.35. The molecule has 0 bridgehead atoms. The van der Waals surface area contributed by atoms with Gasteiger partial charge in [0.15, 0.2) is 0 Å². The molecule has 1 aliphatic rings. The molecule has 0 amide bonds. The quantitative estimate of drug-likeness (QED) is 0.824. The third-order valence-electron chi connectivity index (χ3n) is 3.35. The van der Waals surface area contributed by atoms with Gasteiger partial charge in [-0.15, -0.1) is 0 Å². The number of hydrogen-bond donors (Lipinski definition) is 2. The van der Waals surface area contributed by atoms with Crippen LogP contribution in [0.15, 0.2) is 24.3 Å². The first-order valence-electron chi connectivity index (χ1n) is 6.86. The van der Waals surface area contributed by atoms with E-state index in [-0.39, 0.29) is 6.42 Å². The lowest BCUT2D eigenvalue weighted by Gasteiger charge is -2.22. The Morgan fingerprint density at radius 2 is 2.00 bits per heavy atom. The van der Waals surface area contributed by atoms with Crippen LogP contribution in [0.1, 0.15) is 30.4 Å². The lowest BCUT2D eigenvalue weighted by atomic mass is 10.1. The number of ether oxygens (including phenoxy) is 1. The molecule has 0 spiro atoms. The minimum absolute atomic E-state index is 0.0869. The molecule has 0 aliphatic carbocycles. The second kappa shape index (κ2) is 7.26. The van der Waals surface area contributed by atoms with Crippen molar-refractivity contribution in [2.75, 3.05) is 13.2 Å². The van der Waals surface area contributed by atoms with Crippen LogP contribution >= 0.6 is 0 Å². The summed E-state index contributed by atoms with van der Waals surface area (Å²) in [5.41, 5.74) is 2.01. The van der Waals surface area contributed by atoms with Crippen LogP contribution in [0.2, 0.25) is 0 Å². The van der Waals surface area contributed by atoms with Gasteiger partial charge in [0.05, 0.1) is 12.5 Å². The summed E-state index contributed by atoms with van der Waals surface area (Å²) >= 11 is 0. The molecule has 19 heavy (non-hydrogen) atoms. The van der Waals surface area contributed by atoms with E-state index in [1.807, 2.05) is 24.3 Å². The largest absolute Gasteiger partial charge is 0.481 e. The number of carboxylic acids is 1. The van der Waals surface area contributed by atoms with Crippen molar-refractivity contribution in [3.05, 3.63) is 35.4 Å². The van der Waals surface area contributed by atoms with Gasteiger partial charge in [-0.25, -0.2) is 0 Å². The van der Waals surface area contributed by atoms with Crippen molar-refractivity contribution in [2.45, 2.75) is 38.3 Å². The molecular weight excluding hydrogens is 242 g/mol.